The van der Waals surface area contributed by atoms with E-state index in [0.29, 0.717) is 6.42 Å². The second-order valence-electron chi connectivity index (χ2n) is 4.82. The predicted molar refractivity (Wildman–Crippen MR) is 83.6 cm³/mol. The molecule has 2 aromatic rings. The van der Waals surface area contributed by atoms with Gasteiger partial charge < -0.3 is 10.6 Å². The zero-order valence-electron chi connectivity index (χ0n) is 11.1. The summed E-state index contributed by atoms with van der Waals surface area (Å²) in [4.78, 5) is 12.5. The third kappa shape index (κ3) is 2.46. The molecule has 1 aliphatic rings. The molecule has 2 N–H and O–H groups in total. The minimum atomic E-state index is 0.0884. The van der Waals surface area contributed by atoms with Crippen LogP contribution in [-0.2, 0) is 11.2 Å². The fraction of sp³-hybridized carbons (Fsp3) is 0.267. The van der Waals surface area contributed by atoms with E-state index in [-0.39, 0.29) is 11.9 Å². The van der Waals surface area contributed by atoms with Crippen LogP contribution in [0.1, 0.15) is 28.5 Å². The van der Waals surface area contributed by atoms with Gasteiger partial charge in [0.25, 0.3) is 0 Å². The summed E-state index contributed by atoms with van der Waals surface area (Å²) in [5.74, 6) is 0.0942. The average molecular weight is 307 g/mol. The smallest absolute Gasteiger partial charge is 0.224 e. The standard InChI is InChI=1S/C15H15ClN2OS/c1-17-14(15-11(16)6-7-20-15)10-2-4-12-9(8-10)3-5-13(19)18-12/h2,4,6-8,14,17H,3,5H2,1H3,(H,18,19). The maximum atomic E-state index is 11.4. The van der Waals surface area contributed by atoms with Crippen LogP contribution in [-0.4, -0.2) is 13.0 Å². The third-order valence-corrected chi connectivity index (χ3v) is 4.98. The van der Waals surface area contributed by atoms with Crippen molar-refractivity contribution < 1.29 is 4.79 Å². The molecule has 0 fully saturated rings. The highest BCUT2D eigenvalue weighted by molar-refractivity contribution is 7.10. The topological polar surface area (TPSA) is 41.1 Å². The molecule has 1 unspecified atom stereocenters. The number of rotatable bonds is 3. The molecule has 1 amide bonds. The van der Waals surface area contributed by atoms with Gasteiger partial charge in [-0.05, 0) is 42.1 Å². The minimum Gasteiger partial charge on any atom is -0.326 e. The van der Waals surface area contributed by atoms with Gasteiger partial charge in [-0.15, -0.1) is 11.3 Å². The van der Waals surface area contributed by atoms with Crippen molar-refractivity contribution in [3.05, 3.63) is 50.7 Å². The predicted octanol–water partition coefficient (Wildman–Crippen LogP) is 3.60. The van der Waals surface area contributed by atoms with Crippen LogP contribution in [0.4, 0.5) is 5.69 Å². The molecule has 2 heterocycles. The van der Waals surface area contributed by atoms with Crippen molar-refractivity contribution in [2.75, 3.05) is 12.4 Å². The normalized spacial score (nSPS) is 15.6. The average Bonchev–Trinajstić information content (AvgIpc) is 2.86. The highest BCUT2D eigenvalue weighted by Crippen LogP contribution is 2.34. The summed E-state index contributed by atoms with van der Waals surface area (Å²) in [7, 11) is 1.93. The number of anilines is 1. The van der Waals surface area contributed by atoms with E-state index >= 15 is 0 Å². The molecular weight excluding hydrogens is 292 g/mol. The molecule has 20 heavy (non-hydrogen) atoms. The summed E-state index contributed by atoms with van der Waals surface area (Å²) >= 11 is 7.89. The Hall–Kier alpha value is -1.36. The zero-order chi connectivity index (χ0) is 14.1. The summed E-state index contributed by atoms with van der Waals surface area (Å²) in [5.41, 5.74) is 3.29. The van der Waals surface area contributed by atoms with E-state index in [9.17, 15) is 4.79 Å². The van der Waals surface area contributed by atoms with E-state index in [1.54, 1.807) is 11.3 Å². The summed E-state index contributed by atoms with van der Waals surface area (Å²) in [5, 5.41) is 9.02. The van der Waals surface area contributed by atoms with Crippen molar-refractivity contribution in [2.45, 2.75) is 18.9 Å². The minimum absolute atomic E-state index is 0.0884. The summed E-state index contributed by atoms with van der Waals surface area (Å²) in [6.07, 6.45) is 1.35. The number of aryl methyl sites for hydroxylation is 1. The Morgan fingerprint density at radius 3 is 2.90 bits per heavy atom. The first-order valence-corrected chi connectivity index (χ1v) is 7.77. The van der Waals surface area contributed by atoms with E-state index in [1.807, 2.05) is 30.6 Å². The van der Waals surface area contributed by atoms with Gasteiger partial charge in [0, 0.05) is 17.0 Å². The monoisotopic (exact) mass is 306 g/mol. The van der Waals surface area contributed by atoms with Gasteiger partial charge in [-0.3, -0.25) is 4.79 Å². The Labute approximate surface area is 127 Å². The van der Waals surface area contributed by atoms with Gasteiger partial charge in [0.15, 0.2) is 0 Å². The summed E-state index contributed by atoms with van der Waals surface area (Å²) in [6.45, 7) is 0. The van der Waals surface area contributed by atoms with Gasteiger partial charge in [-0.1, -0.05) is 23.7 Å². The quantitative estimate of drug-likeness (QED) is 0.910. The lowest BCUT2D eigenvalue weighted by molar-refractivity contribution is -0.116. The molecule has 3 rings (SSSR count). The number of halogens is 1. The van der Waals surface area contributed by atoms with Crippen LogP contribution in [0.5, 0.6) is 0 Å². The van der Waals surface area contributed by atoms with Crippen LogP contribution in [0.3, 0.4) is 0 Å². The number of carbonyl (C=O) groups is 1. The second-order valence-corrected chi connectivity index (χ2v) is 6.17. The lowest BCUT2D eigenvalue weighted by Gasteiger charge is -2.21. The Bertz CT molecular complexity index is 653. The van der Waals surface area contributed by atoms with Gasteiger partial charge in [-0.2, -0.15) is 0 Å². The number of hydrogen-bond donors (Lipinski definition) is 2. The van der Waals surface area contributed by atoms with Crippen molar-refractivity contribution >= 4 is 34.5 Å². The van der Waals surface area contributed by atoms with Crippen LogP contribution in [0.25, 0.3) is 0 Å². The van der Waals surface area contributed by atoms with E-state index in [2.05, 4.69) is 16.7 Å². The summed E-state index contributed by atoms with van der Waals surface area (Å²) < 4.78 is 0. The van der Waals surface area contributed by atoms with E-state index in [1.165, 1.54) is 11.1 Å². The molecule has 104 valence electrons. The van der Waals surface area contributed by atoms with Gasteiger partial charge in [-0.25, -0.2) is 0 Å². The lowest BCUT2D eigenvalue weighted by Crippen LogP contribution is -2.21. The molecule has 0 aliphatic carbocycles. The number of hydrogen-bond acceptors (Lipinski definition) is 3. The Kier molecular flexibility index (Phi) is 3.78. The molecule has 0 radical (unpaired) electrons. The van der Waals surface area contributed by atoms with Crippen LogP contribution in [0, 0.1) is 0 Å². The van der Waals surface area contributed by atoms with Gasteiger partial charge in [0.1, 0.15) is 0 Å². The van der Waals surface area contributed by atoms with Gasteiger partial charge >= 0.3 is 0 Å². The van der Waals surface area contributed by atoms with Gasteiger partial charge in [0.2, 0.25) is 5.91 Å². The first-order valence-electron chi connectivity index (χ1n) is 6.52. The van der Waals surface area contributed by atoms with E-state index in [4.69, 9.17) is 11.6 Å². The number of nitrogens with one attached hydrogen (secondary N) is 2. The number of carbonyl (C=O) groups excluding carboxylic acids is 1. The first-order chi connectivity index (χ1) is 9.69. The van der Waals surface area contributed by atoms with Gasteiger partial charge in [0.05, 0.1) is 11.1 Å². The molecule has 1 aromatic carbocycles. The SMILES string of the molecule is CNC(c1ccc2c(c1)CCC(=O)N2)c1sccc1Cl. The van der Waals surface area contributed by atoms with E-state index in [0.717, 1.165) is 22.0 Å². The van der Waals surface area contributed by atoms with Crippen molar-refractivity contribution in [3.8, 4) is 0 Å². The highest BCUT2D eigenvalue weighted by Gasteiger charge is 2.20. The van der Waals surface area contributed by atoms with Crippen molar-refractivity contribution in [2.24, 2.45) is 0 Å². The van der Waals surface area contributed by atoms with Crippen molar-refractivity contribution in [1.82, 2.24) is 5.32 Å². The van der Waals surface area contributed by atoms with Crippen molar-refractivity contribution in [1.29, 1.82) is 0 Å². The maximum Gasteiger partial charge on any atom is 0.224 e. The third-order valence-electron chi connectivity index (χ3n) is 3.55. The van der Waals surface area contributed by atoms with Crippen LogP contribution < -0.4 is 10.6 Å². The fourth-order valence-electron chi connectivity index (χ4n) is 2.54. The number of amides is 1. The van der Waals surface area contributed by atoms with E-state index < -0.39 is 0 Å². The summed E-state index contributed by atoms with van der Waals surface area (Å²) in [6, 6.07) is 8.19. The molecule has 1 atom stereocenters. The number of benzene rings is 1. The molecule has 1 aromatic heterocycles. The largest absolute Gasteiger partial charge is 0.326 e. The molecule has 0 saturated heterocycles. The highest BCUT2D eigenvalue weighted by atomic mass is 35.5. The Morgan fingerprint density at radius 1 is 1.35 bits per heavy atom. The molecule has 1 aliphatic heterocycles. The molecule has 5 heteroatoms. The molecule has 3 nitrogen and oxygen atoms in total. The van der Waals surface area contributed by atoms with Crippen LogP contribution in [0.15, 0.2) is 29.6 Å². The number of thiophene rings is 1. The van der Waals surface area contributed by atoms with Crippen LogP contribution >= 0.6 is 22.9 Å². The Morgan fingerprint density at radius 2 is 2.20 bits per heavy atom. The van der Waals surface area contributed by atoms with Crippen LogP contribution in [0.2, 0.25) is 5.02 Å². The lowest BCUT2D eigenvalue weighted by atomic mass is 9.96. The fourth-order valence-corrected chi connectivity index (χ4v) is 3.85. The second kappa shape index (κ2) is 5.56. The Balaban J connectivity index is 1.97. The first kappa shape index (κ1) is 13.6. The molecular formula is C15H15ClN2OS. The van der Waals surface area contributed by atoms with Crippen molar-refractivity contribution in [3.63, 3.8) is 0 Å². The molecule has 0 saturated carbocycles. The number of fused-ring (bicyclic) bond motifs is 1. The molecule has 0 bridgehead atoms. The molecule has 0 spiro atoms. The maximum absolute atomic E-state index is 11.4. The zero-order valence-corrected chi connectivity index (χ0v) is 12.6.